The van der Waals surface area contributed by atoms with E-state index in [9.17, 15) is 4.79 Å². The van der Waals surface area contributed by atoms with Gasteiger partial charge in [-0.05, 0) is 37.1 Å². The number of thioether (sulfide) groups is 1. The minimum Gasteiger partial charge on any atom is -0.325 e. The molecular weight excluding hydrogens is 348 g/mol. The normalized spacial score (nSPS) is 14.9. The molecule has 1 aromatic heterocycles. The van der Waals surface area contributed by atoms with Gasteiger partial charge in [0.2, 0.25) is 5.91 Å². The monoisotopic (exact) mass is 368 g/mol. The number of carbonyl (C=O) groups excluding carboxylic acids is 1. The Hall–Kier alpha value is -1.85. The number of hydrogen-bond donors (Lipinski definition) is 1. The van der Waals surface area contributed by atoms with Crippen molar-refractivity contribution in [2.24, 2.45) is 0 Å². The average Bonchev–Trinajstić information content (AvgIpc) is 3.29. The van der Waals surface area contributed by atoms with Crippen LogP contribution in [0.25, 0.3) is 20.8 Å². The van der Waals surface area contributed by atoms with Gasteiger partial charge in [-0.2, -0.15) is 0 Å². The van der Waals surface area contributed by atoms with Crippen LogP contribution < -0.4 is 5.32 Å². The molecule has 4 rings (SSSR count). The molecule has 0 saturated heterocycles. The predicted molar refractivity (Wildman–Crippen MR) is 108 cm³/mol. The molecule has 128 valence electrons. The molecule has 1 amide bonds. The van der Waals surface area contributed by atoms with E-state index in [-0.39, 0.29) is 5.91 Å². The van der Waals surface area contributed by atoms with Gasteiger partial charge in [0.25, 0.3) is 0 Å². The van der Waals surface area contributed by atoms with Crippen molar-refractivity contribution in [1.82, 2.24) is 4.98 Å². The summed E-state index contributed by atoms with van der Waals surface area (Å²) in [5.41, 5.74) is 2.90. The van der Waals surface area contributed by atoms with E-state index in [1.54, 1.807) is 23.1 Å². The highest BCUT2D eigenvalue weighted by molar-refractivity contribution is 8.00. The minimum absolute atomic E-state index is 0.0818. The number of hydrogen-bond acceptors (Lipinski definition) is 4. The number of fused-ring (bicyclic) bond motifs is 1. The Balaban J connectivity index is 1.44. The molecule has 0 unspecified atom stereocenters. The maximum Gasteiger partial charge on any atom is 0.234 e. The molecule has 0 bridgehead atoms. The van der Waals surface area contributed by atoms with E-state index in [0.29, 0.717) is 11.0 Å². The zero-order chi connectivity index (χ0) is 17.1. The molecule has 1 aliphatic rings. The summed E-state index contributed by atoms with van der Waals surface area (Å²) >= 11 is 3.47. The van der Waals surface area contributed by atoms with Gasteiger partial charge in [-0.3, -0.25) is 4.79 Å². The molecule has 5 heteroatoms. The first kappa shape index (κ1) is 16.6. The predicted octanol–water partition coefficient (Wildman–Crippen LogP) is 5.58. The molecule has 25 heavy (non-hydrogen) atoms. The third-order valence-electron chi connectivity index (χ3n) is 4.44. The fourth-order valence-electron chi connectivity index (χ4n) is 3.17. The van der Waals surface area contributed by atoms with Gasteiger partial charge in [-0.1, -0.05) is 37.1 Å². The van der Waals surface area contributed by atoms with Gasteiger partial charge < -0.3 is 5.32 Å². The molecule has 0 spiro atoms. The number of para-hydroxylation sites is 1. The van der Waals surface area contributed by atoms with Crippen molar-refractivity contribution in [2.45, 2.75) is 30.9 Å². The number of thiazole rings is 1. The quantitative estimate of drug-likeness (QED) is 0.639. The number of amides is 1. The van der Waals surface area contributed by atoms with Gasteiger partial charge in [0.05, 0.1) is 16.0 Å². The van der Waals surface area contributed by atoms with Crippen molar-refractivity contribution in [3.05, 3.63) is 48.5 Å². The molecule has 1 saturated carbocycles. The SMILES string of the molecule is O=C(CSC1CCCC1)Nc1cccc(-c2nc3ccccc3s2)c1. The van der Waals surface area contributed by atoms with Crippen molar-refractivity contribution in [1.29, 1.82) is 0 Å². The molecule has 3 nitrogen and oxygen atoms in total. The fourth-order valence-corrected chi connectivity index (χ4v) is 5.26. The highest BCUT2D eigenvalue weighted by atomic mass is 32.2. The summed E-state index contributed by atoms with van der Waals surface area (Å²) in [6, 6.07) is 16.1. The minimum atomic E-state index is 0.0818. The van der Waals surface area contributed by atoms with Crippen LogP contribution in [-0.2, 0) is 4.79 Å². The van der Waals surface area contributed by atoms with Crippen molar-refractivity contribution >= 4 is 44.9 Å². The number of aromatic nitrogens is 1. The van der Waals surface area contributed by atoms with Crippen molar-refractivity contribution < 1.29 is 4.79 Å². The lowest BCUT2D eigenvalue weighted by molar-refractivity contribution is -0.113. The third kappa shape index (κ3) is 4.05. The first-order valence-corrected chi connectivity index (χ1v) is 10.5. The second-order valence-corrected chi connectivity index (χ2v) is 8.65. The van der Waals surface area contributed by atoms with Crippen LogP contribution in [0, 0.1) is 0 Å². The third-order valence-corrected chi connectivity index (χ3v) is 6.90. The lowest BCUT2D eigenvalue weighted by Crippen LogP contribution is -2.15. The zero-order valence-electron chi connectivity index (χ0n) is 13.9. The Bertz CT molecular complexity index is 851. The van der Waals surface area contributed by atoms with E-state index in [1.807, 2.05) is 42.5 Å². The summed E-state index contributed by atoms with van der Waals surface area (Å²) in [6.45, 7) is 0. The summed E-state index contributed by atoms with van der Waals surface area (Å²) < 4.78 is 1.18. The average molecular weight is 369 g/mol. The van der Waals surface area contributed by atoms with Crippen LogP contribution >= 0.6 is 23.1 Å². The highest BCUT2D eigenvalue weighted by Crippen LogP contribution is 2.32. The molecule has 1 fully saturated rings. The van der Waals surface area contributed by atoms with E-state index < -0.39 is 0 Å². The molecular formula is C20H20N2OS2. The summed E-state index contributed by atoms with van der Waals surface area (Å²) in [5, 5.41) is 4.68. The Labute approximate surface area is 155 Å². The van der Waals surface area contributed by atoms with Gasteiger partial charge in [0, 0.05) is 16.5 Å². The zero-order valence-corrected chi connectivity index (χ0v) is 15.5. The topological polar surface area (TPSA) is 42.0 Å². The molecule has 1 N–H and O–H groups in total. The van der Waals surface area contributed by atoms with Crippen LogP contribution in [0.5, 0.6) is 0 Å². The van der Waals surface area contributed by atoms with Crippen LogP contribution in [0.2, 0.25) is 0 Å². The first-order valence-electron chi connectivity index (χ1n) is 8.65. The van der Waals surface area contributed by atoms with Gasteiger partial charge in [0.15, 0.2) is 0 Å². The van der Waals surface area contributed by atoms with Gasteiger partial charge >= 0.3 is 0 Å². The Morgan fingerprint density at radius 3 is 2.84 bits per heavy atom. The van der Waals surface area contributed by atoms with E-state index in [0.717, 1.165) is 21.8 Å². The van der Waals surface area contributed by atoms with Gasteiger partial charge in [0.1, 0.15) is 5.01 Å². The summed E-state index contributed by atoms with van der Waals surface area (Å²) in [6.07, 6.45) is 5.13. The summed E-state index contributed by atoms with van der Waals surface area (Å²) in [4.78, 5) is 16.9. The summed E-state index contributed by atoms with van der Waals surface area (Å²) in [7, 11) is 0. The van der Waals surface area contributed by atoms with Crippen LogP contribution in [0.1, 0.15) is 25.7 Å². The van der Waals surface area contributed by atoms with Crippen LogP contribution in [-0.4, -0.2) is 21.9 Å². The Morgan fingerprint density at radius 1 is 1.16 bits per heavy atom. The Morgan fingerprint density at radius 2 is 2.00 bits per heavy atom. The van der Waals surface area contributed by atoms with Crippen molar-refractivity contribution in [2.75, 3.05) is 11.1 Å². The van der Waals surface area contributed by atoms with Crippen molar-refractivity contribution in [3.63, 3.8) is 0 Å². The maximum atomic E-state index is 12.2. The molecule has 0 atom stereocenters. The largest absolute Gasteiger partial charge is 0.325 e. The van der Waals surface area contributed by atoms with Crippen LogP contribution in [0.15, 0.2) is 48.5 Å². The van der Waals surface area contributed by atoms with E-state index in [4.69, 9.17) is 4.98 Å². The summed E-state index contributed by atoms with van der Waals surface area (Å²) in [5.74, 6) is 0.620. The Kier molecular flexibility index (Phi) is 5.04. The lowest BCUT2D eigenvalue weighted by Gasteiger charge is -2.09. The first-order chi connectivity index (χ1) is 12.3. The highest BCUT2D eigenvalue weighted by Gasteiger charge is 2.16. The van der Waals surface area contributed by atoms with E-state index in [2.05, 4.69) is 11.4 Å². The number of benzene rings is 2. The maximum absolute atomic E-state index is 12.2. The van der Waals surface area contributed by atoms with Gasteiger partial charge in [-0.15, -0.1) is 23.1 Å². The van der Waals surface area contributed by atoms with E-state index in [1.165, 1.54) is 30.4 Å². The smallest absolute Gasteiger partial charge is 0.234 e. The number of anilines is 1. The molecule has 1 heterocycles. The number of nitrogens with one attached hydrogen (secondary N) is 1. The molecule has 2 aromatic carbocycles. The number of rotatable bonds is 5. The second-order valence-electron chi connectivity index (χ2n) is 6.33. The molecule has 3 aromatic rings. The number of nitrogens with zero attached hydrogens (tertiary/aromatic N) is 1. The molecule has 0 radical (unpaired) electrons. The lowest BCUT2D eigenvalue weighted by atomic mass is 10.2. The van der Waals surface area contributed by atoms with Crippen LogP contribution in [0.3, 0.4) is 0 Å². The second kappa shape index (κ2) is 7.58. The van der Waals surface area contributed by atoms with Crippen molar-refractivity contribution in [3.8, 4) is 10.6 Å². The number of carbonyl (C=O) groups is 1. The molecule has 0 aliphatic heterocycles. The fraction of sp³-hybridized carbons (Fsp3) is 0.300. The molecule has 1 aliphatic carbocycles. The van der Waals surface area contributed by atoms with Gasteiger partial charge in [-0.25, -0.2) is 4.98 Å². The van der Waals surface area contributed by atoms with E-state index >= 15 is 0 Å². The standard InChI is InChI=1S/C20H20N2OS2/c23-19(13-24-16-8-1-2-9-16)21-15-7-5-6-14(12-15)20-22-17-10-3-4-11-18(17)25-20/h3-7,10-12,16H,1-2,8-9,13H2,(H,21,23). The van der Waals surface area contributed by atoms with Crippen LogP contribution in [0.4, 0.5) is 5.69 Å².